The van der Waals surface area contributed by atoms with Gasteiger partial charge in [-0.3, -0.25) is 4.79 Å². The fraction of sp³-hybridized carbons (Fsp3) is 0. The summed E-state index contributed by atoms with van der Waals surface area (Å²) < 4.78 is 0. The summed E-state index contributed by atoms with van der Waals surface area (Å²) in [5.41, 5.74) is 3.85. The van der Waals surface area contributed by atoms with Crippen LogP contribution in [0, 0.1) is 0 Å². The summed E-state index contributed by atoms with van der Waals surface area (Å²) in [7, 11) is 0. The third-order valence-corrected chi connectivity index (χ3v) is 2.40. The molecule has 2 nitrogen and oxygen atoms in total. The van der Waals surface area contributed by atoms with E-state index in [1.165, 1.54) is 0 Å². The van der Waals surface area contributed by atoms with Crippen molar-refractivity contribution in [1.29, 1.82) is 0 Å². The highest BCUT2D eigenvalue weighted by Crippen LogP contribution is 2.35. The van der Waals surface area contributed by atoms with Crippen LogP contribution in [0.15, 0.2) is 47.5 Å². The van der Waals surface area contributed by atoms with Crippen LogP contribution in [-0.2, 0) is 4.79 Å². The number of hydrogen-bond acceptors (Lipinski definition) is 2. The van der Waals surface area contributed by atoms with E-state index in [0.717, 1.165) is 22.5 Å². The lowest BCUT2D eigenvalue weighted by Crippen LogP contribution is -2.02. The van der Waals surface area contributed by atoms with Crippen molar-refractivity contribution in [3.8, 4) is 0 Å². The van der Waals surface area contributed by atoms with Gasteiger partial charge in [0.25, 0.3) is 0 Å². The number of ketones is 1. The molecule has 3 heteroatoms. The maximum absolute atomic E-state index is 11.2. The largest absolute Gasteiger partial charge is 0.290 e. The van der Waals surface area contributed by atoms with Crippen LogP contribution in [0.3, 0.4) is 0 Å². The summed E-state index contributed by atoms with van der Waals surface area (Å²) in [6.07, 6.45) is 4.97. The molecule has 0 saturated heterocycles. The molecule has 15 heavy (non-hydrogen) atoms. The molecule has 0 bridgehead atoms. The van der Waals surface area contributed by atoms with Crippen LogP contribution in [0.5, 0.6) is 0 Å². The van der Waals surface area contributed by atoms with Gasteiger partial charge in [0.05, 0.1) is 11.4 Å². The van der Waals surface area contributed by atoms with E-state index in [9.17, 15) is 4.79 Å². The first kappa shape index (κ1) is 9.87. The number of carbonyl (C=O) groups is 1. The molecule has 1 aliphatic heterocycles. The molecule has 0 atom stereocenters. The number of aliphatic imine (C=N–C) groups is 1. The SMILES string of the molecule is Cl.O=C1C=CC2=Nc3ccccc3C2=C1. The molecule has 0 unspecified atom stereocenters. The number of nitrogens with zero attached hydrogens (tertiary/aromatic N) is 1. The normalized spacial score (nSPS) is 16.1. The summed E-state index contributed by atoms with van der Waals surface area (Å²) in [6.45, 7) is 0. The van der Waals surface area contributed by atoms with Gasteiger partial charge in [-0.15, -0.1) is 12.4 Å². The van der Waals surface area contributed by atoms with Gasteiger partial charge in [0.2, 0.25) is 0 Å². The number of hydrogen-bond donors (Lipinski definition) is 0. The Morgan fingerprint density at radius 3 is 2.73 bits per heavy atom. The first-order chi connectivity index (χ1) is 6.84. The topological polar surface area (TPSA) is 29.4 Å². The number of halogens is 1. The molecule has 1 aromatic rings. The van der Waals surface area contributed by atoms with Crippen molar-refractivity contribution in [3.63, 3.8) is 0 Å². The Kier molecular flexibility index (Phi) is 2.29. The van der Waals surface area contributed by atoms with Crippen molar-refractivity contribution in [2.75, 3.05) is 0 Å². The number of carbonyl (C=O) groups excluding carboxylic acids is 1. The highest BCUT2D eigenvalue weighted by atomic mass is 35.5. The third-order valence-electron chi connectivity index (χ3n) is 2.40. The van der Waals surface area contributed by atoms with Gasteiger partial charge in [-0.2, -0.15) is 0 Å². The summed E-state index contributed by atoms with van der Waals surface area (Å²) in [5, 5.41) is 0. The van der Waals surface area contributed by atoms with E-state index in [1.807, 2.05) is 24.3 Å². The Labute approximate surface area is 93.4 Å². The molecular formula is C12H8ClNO. The first-order valence-corrected chi connectivity index (χ1v) is 4.47. The number of allylic oxidation sites excluding steroid dienone is 4. The van der Waals surface area contributed by atoms with E-state index < -0.39 is 0 Å². The average Bonchev–Trinajstić information content (AvgIpc) is 2.56. The smallest absolute Gasteiger partial charge is 0.179 e. The van der Waals surface area contributed by atoms with Crippen molar-refractivity contribution in [2.45, 2.75) is 0 Å². The molecule has 0 N–H and O–H groups in total. The first-order valence-electron chi connectivity index (χ1n) is 4.47. The van der Waals surface area contributed by atoms with Gasteiger partial charge in [-0.05, 0) is 24.3 Å². The second kappa shape index (κ2) is 3.48. The lowest BCUT2D eigenvalue weighted by molar-refractivity contribution is -0.110. The molecular weight excluding hydrogens is 210 g/mol. The number of benzene rings is 1. The standard InChI is InChI=1S/C12H7NO.ClH/c14-8-5-6-12-10(7-8)9-3-1-2-4-11(9)13-12;/h1-7H;1H. The minimum absolute atomic E-state index is 0. The molecule has 2 aliphatic rings. The second-order valence-electron chi connectivity index (χ2n) is 3.31. The van der Waals surface area contributed by atoms with Crippen LogP contribution in [0.1, 0.15) is 5.56 Å². The Bertz CT molecular complexity index is 526. The Balaban J connectivity index is 0.000000853. The van der Waals surface area contributed by atoms with Gasteiger partial charge in [0, 0.05) is 11.1 Å². The zero-order valence-electron chi connectivity index (χ0n) is 7.81. The Morgan fingerprint density at radius 1 is 1.07 bits per heavy atom. The van der Waals surface area contributed by atoms with Crippen LogP contribution >= 0.6 is 12.4 Å². The van der Waals surface area contributed by atoms with E-state index in [4.69, 9.17) is 0 Å². The predicted octanol–water partition coefficient (Wildman–Crippen LogP) is 2.72. The monoisotopic (exact) mass is 217 g/mol. The fourth-order valence-corrected chi connectivity index (χ4v) is 1.76. The van der Waals surface area contributed by atoms with Gasteiger partial charge in [-0.25, -0.2) is 4.99 Å². The van der Waals surface area contributed by atoms with Crippen molar-refractivity contribution in [1.82, 2.24) is 0 Å². The highest BCUT2D eigenvalue weighted by Gasteiger charge is 2.21. The lowest BCUT2D eigenvalue weighted by Gasteiger charge is -2.03. The minimum atomic E-state index is 0. The van der Waals surface area contributed by atoms with E-state index >= 15 is 0 Å². The number of para-hydroxylation sites is 1. The van der Waals surface area contributed by atoms with Crippen LogP contribution in [-0.4, -0.2) is 11.5 Å². The highest BCUT2D eigenvalue weighted by molar-refractivity contribution is 6.39. The Hall–Kier alpha value is -1.67. The maximum Gasteiger partial charge on any atom is 0.179 e. The van der Waals surface area contributed by atoms with E-state index in [0.29, 0.717) is 0 Å². The molecule has 1 heterocycles. The van der Waals surface area contributed by atoms with Gasteiger partial charge < -0.3 is 0 Å². The fourth-order valence-electron chi connectivity index (χ4n) is 1.76. The van der Waals surface area contributed by atoms with E-state index in [1.54, 1.807) is 18.2 Å². The minimum Gasteiger partial charge on any atom is -0.290 e. The summed E-state index contributed by atoms with van der Waals surface area (Å²) >= 11 is 0. The molecule has 74 valence electrons. The molecule has 0 aromatic heterocycles. The van der Waals surface area contributed by atoms with E-state index in [2.05, 4.69) is 4.99 Å². The molecule has 0 spiro atoms. The van der Waals surface area contributed by atoms with Gasteiger partial charge in [-0.1, -0.05) is 18.2 Å². The third kappa shape index (κ3) is 1.43. The lowest BCUT2D eigenvalue weighted by atomic mass is 9.98. The van der Waals surface area contributed by atoms with Gasteiger partial charge in [0.1, 0.15) is 0 Å². The van der Waals surface area contributed by atoms with Crippen LogP contribution in [0.4, 0.5) is 5.69 Å². The molecule has 1 aliphatic carbocycles. The van der Waals surface area contributed by atoms with Crippen molar-refractivity contribution in [3.05, 3.63) is 48.1 Å². The maximum atomic E-state index is 11.2. The number of rotatable bonds is 0. The average molecular weight is 218 g/mol. The van der Waals surface area contributed by atoms with Crippen LogP contribution in [0.25, 0.3) is 5.57 Å². The zero-order valence-corrected chi connectivity index (χ0v) is 8.62. The Morgan fingerprint density at radius 2 is 1.87 bits per heavy atom. The molecule has 0 saturated carbocycles. The summed E-state index contributed by atoms with van der Waals surface area (Å²) in [6, 6.07) is 7.86. The van der Waals surface area contributed by atoms with Crippen molar-refractivity contribution >= 4 is 35.2 Å². The van der Waals surface area contributed by atoms with E-state index in [-0.39, 0.29) is 18.2 Å². The van der Waals surface area contributed by atoms with Gasteiger partial charge in [0.15, 0.2) is 5.78 Å². The second-order valence-corrected chi connectivity index (χ2v) is 3.31. The molecule has 0 amide bonds. The molecule has 1 aromatic carbocycles. The summed E-state index contributed by atoms with van der Waals surface area (Å²) in [4.78, 5) is 15.6. The van der Waals surface area contributed by atoms with Crippen LogP contribution in [0.2, 0.25) is 0 Å². The van der Waals surface area contributed by atoms with Crippen LogP contribution < -0.4 is 0 Å². The summed E-state index contributed by atoms with van der Waals surface area (Å²) in [5.74, 6) is 0.0376. The quantitative estimate of drug-likeness (QED) is 0.615. The molecule has 3 rings (SSSR count). The zero-order chi connectivity index (χ0) is 9.54. The predicted molar refractivity (Wildman–Crippen MR) is 62.9 cm³/mol. The number of fused-ring (bicyclic) bond motifs is 3. The molecule has 0 radical (unpaired) electrons. The van der Waals surface area contributed by atoms with Crippen molar-refractivity contribution in [2.24, 2.45) is 4.99 Å². The van der Waals surface area contributed by atoms with Gasteiger partial charge >= 0.3 is 0 Å². The van der Waals surface area contributed by atoms with Crippen molar-refractivity contribution < 1.29 is 4.79 Å². The molecule has 0 fully saturated rings.